The summed E-state index contributed by atoms with van der Waals surface area (Å²) in [5, 5.41) is 3.82. The second-order valence-corrected chi connectivity index (χ2v) is 12.7. The molecule has 0 bridgehead atoms. The third kappa shape index (κ3) is 8.67. The minimum absolute atomic E-state index is 0.0358. The summed E-state index contributed by atoms with van der Waals surface area (Å²) in [6.45, 7) is 6.67. The van der Waals surface area contributed by atoms with E-state index >= 15 is 0 Å². The molecule has 0 aromatic heterocycles. The van der Waals surface area contributed by atoms with E-state index in [9.17, 15) is 18.0 Å². The molecule has 2 rings (SSSR count). The summed E-state index contributed by atoms with van der Waals surface area (Å²) in [7, 11) is -2.47. The van der Waals surface area contributed by atoms with Crippen molar-refractivity contribution in [2.75, 3.05) is 24.2 Å². The predicted octanol–water partition coefficient (Wildman–Crippen LogP) is 5.14. The Balaban J connectivity index is 2.52. The van der Waals surface area contributed by atoms with Gasteiger partial charge >= 0.3 is 0 Å². The summed E-state index contributed by atoms with van der Waals surface area (Å²) in [4.78, 5) is 28.3. The van der Waals surface area contributed by atoms with E-state index in [1.54, 1.807) is 25.1 Å². The van der Waals surface area contributed by atoms with Gasteiger partial charge in [-0.2, -0.15) is 0 Å². The molecule has 1 unspecified atom stereocenters. The van der Waals surface area contributed by atoms with Gasteiger partial charge in [-0.15, -0.1) is 0 Å². The van der Waals surface area contributed by atoms with Gasteiger partial charge in [-0.05, 0) is 63.1 Å². The van der Waals surface area contributed by atoms with E-state index in [2.05, 4.69) is 5.32 Å². The van der Waals surface area contributed by atoms with Crippen LogP contribution in [0.15, 0.2) is 36.4 Å². The predicted molar refractivity (Wildman–Crippen MR) is 149 cm³/mol. The topological polar surface area (TPSA) is 96.0 Å². The van der Waals surface area contributed by atoms with Crippen LogP contribution in [0.1, 0.15) is 39.7 Å². The van der Waals surface area contributed by atoms with E-state index in [4.69, 9.17) is 39.5 Å². The molecule has 37 heavy (non-hydrogen) atoms. The zero-order valence-electron chi connectivity index (χ0n) is 21.6. The number of carbonyl (C=O) groups is 2. The zero-order valence-corrected chi connectivity index (χ0v) is 24.7. The van der Waals surface area contributed by atoms with Gasteiger partial charge in [0.2, 0.25) is 21.8 Å². The number of carbonyl (C=O) groups excluding carboxylic acids is 2. The average molecular weight is 593 g/mol. The molecular formula is C25H32Cl3N3O5S. The molecule has 1 N–H and O–H groups in total. The van der Waals surface area contributed by atoms with Crippen LogP contribution in [-0.4, -0.2) is 56.6 Å². The molecule has 0 saturated carbocycles. The molecule has 1 atom stereocenters. The van der Waals surface area contributed by atoms with E-state index in [0.717, 1.165) is 10.6 Å². The smallest absolute Gasteiger partial charge is 0.244 e. The van der Waals surface area contributed by atoms with Crippen LogP contribution in [0.3, 0.4) is 0 Å². The molecule has 0 spiro atoms. The standard InChI is InChI=1S/C25H32Cl3N3O5S/c1-7-21(24(33)29-25(2,3)4)30(14-16-8-9-17(26)12-19(16)27)23(32)15-31(37(6,34)35)18-10-11-22(36-5)20(28)13-18/h8-13,21H,7,14-15H2,1-6H3,(H,29,33). The van der Waals surface area contributed by atoms with Crippen molar-refractivity contribution >= 4 is 62.3 Å². The summed E-state index contributed by atoms with van der Waals surface area (Å²) in [5.74, 6) is -0.611. The molecule has 0 aliphatic carbocycles. The first-order valence-electron chi connectivity index (χ1n) is 11.4. The lowest BCUT2D eigenvalue weighted by Gasteiger charge is -2.34. The van der Waals surface area contributed by atoms with Crippen molar-refractivity contribution in [1.29, 1.82) is 0 Å². The molecule has 0 aliphatic heterocycles. The molecule has 2 aromatic rings. The zero-order chi connectivity index (χ0) is 28.1. The van der Waals surface area contributed by atoms with Crippen LogP contribution in [0, 0.1) is 0 Å². The maximum atomic E-state index is 13.7. The maximum absolute atomic E-state index is 13.7. The number of halogens is 3. The van der Waals surface area contributed by atoms with Crippen molar-refractivity contribution in [3.8, 4) is 5.75 Å². The summed E-state index contributed by atoms with van der Waals surface area (Å²) in [5.41, 5.74) is 0.189. The number of hydrogen-bond donors (Lipinski definition) is 1. The van der Waals surface area contributed by atoms with Gasteiger partial charge in [0.25, 0.3) is 0 Å². The van der Waals surface area contributed by atoms with Gasteiger partial charge in [0.15, 0.2) is 0 Å². The van der Waals surface area contributed by atoms with Crippen molar-refractivity contribution in [3.63, 3.8) is 0 Å². The summed E-state index contributed by atoms with van der Waals surface area (Å²) in [6, 6.07) is 8.35. The summed E-state index contributed by atoms with van der Waals surface area (Å²) in [6.07, 6.45) is 1.27. The fourth-order valence-corrected chi connectivity index (χ4v) is 5.19. The van der Waals surface area contributed by atoms with E-state index in [1.165, 1.54) is 30.2 Å². The average Bonchev–Trinajstić information content (AvgIpc) is 2.76. The van der Waals surface area contributed by atoms with Gasteiger partial charge in [0.05, 0.1) is 24.1 Å². The first-order chi connectivity index (χ1) is 17.1. The van der Waals surface area contributed by atoms with Crippen molar-refractivity contribution in [1.82, 2.24) is 10.2 Å². The Morgan fingerprint density at radius 1 is 1.05 bits per heavy atom. The molecule has 0 heterocycles. The highest BCUT2D eigenvalue weighted by atomic mass is 35.5. The van der Waals surface area contributed by atoms with Crippen LogP contribution < -0.4 is 14.4 Å². The molecule has 2 amide bonds. The number of hydrogen-bond acceptors (Lipinski definition) is 5. The lowest BCUT2D eigenvalue weighted by Crippen LogP contribution is -2.55. The van der Waals surface area contributed by atoms with Crippen LogP contribution in [0.2, 0.25) is 15.1 Å². The third-order valence-electron chi connectivity index (χ3n) is 5.34. The van der Waals surface area contributed by atoms with E-state index in [1.807, 2.05) is 20.8 Å². The molecule has 204 valence electrons. The molecule has 2 aromatic carbocycles. The number of methoxy groups -OCH3 is 1. The van der Waals surface area contributed by atoms with Crippen LogP contribution in [0.5, 0.6) is 5.75 Å². The van der Waals surface area contributed by atoms with Gasteiger partial charge < -0.3 is 15.0 Å². The fourth-order valence-electron chi connectivity index (χ4n) is 3.63. The number of amides is 2. The third-order valence-corrected chi connectivity index (χ3v) is 7.37. The summed E-state index contributed by atoms with van der Waals surface area (Å²) >= 11 is 18.6. The van der Waals surface area contributed by atoms with Crippen LogP contribution in [0.25, 0.3) is 0 Å². The highest BCUT2D eigenvalue weighted by Crippen LogP contribution is 2.31. The van der Waals surface area contributed by atoms with Crippen molar-refractivity contribution in [2.45, 2.75) is 52.2 Å². The minimum atomic E-state index is -3.91. The molecule has 12 heteroatoms. The number of nitrogens with one attached hydrogen (secondary N) is 1. The number of rotatable bonds is 10. The highest BCUT2D eigenvalue weighted by Gasteiger charge is 2.33. The molecule has 8 nitrogen and oxygen atoms in total. The molecular weight excluding hydrogens is 561 g/mol. The van der Waals surface area contributed by atoms with Gasteiger partial charge in [0.1, 0.15) is 18.3 Å². The van der Waals surface area contributed by atoms with E-state index in [-0.39, 0.29) is 29.6 Å². The first-order valence-corrected chi connectivity index (χ1v) is 14.4. The summed E-state index contributed by atoms with van der Waals surface area (Å²) < 4.78 is 31.5. The molecule has 0 saturated heterocycles. The van der Waals surface area contributed by atoms with Crippen LogP contribution >= 0.6 is 34.8 Å². The number of benzene rings is 2. The Labute approximate surface area is 233 Å². The van der Waals surface area contributed by atoms with Gasteiger partial charge in [-0.25, -0.2) is 8.42 Å². The lowest BCUT2D eigenvalue weighted by atomic mass is 10.1. The SMILES string of the molecule is CCC(C(=O)NC(C)(C)C)N(Cc1ccc(Cl)cc1Cl)C(=O)CN(c1ccc(OC)c(Cl)c1)S(C)(=O)=O. The Bertz CT molecular complexity index is 1250. The Hall–Kier alpha value is -2.20. The maximum Gasteiger partial charge on any atom is 0.244 e. The Morgan fingerprint density at radius 3 is 2.19 bits per heavy atom. The Morgan fingerprint density at radius 2 is 1.70 bits per heavy atom. The second-order valence-electron chi connectivity index (χ2n) is 9.51. The Kier molecular flexibility index (Phi) is 10.5. The number of ether oxygens (including phenoxy) is 1. The monoisotopic (exact) mass is 591 g/mol. The minimum Gasteiger partial charge on any atom is -0.495 e. The number of anilines is 1. The first kappa shape index (κ1) is 31.0. The van der Waals surface area contributed by atoms with Gasteiger partial charge in [-0.1, -0.05) is 47.8 Å². The number of sulfonamides is 1. The molecule has 0 radical (unpaired) electrons. The van der Waals surface area contributed by atoms with Crippen molar-refractivity contribution < 1.29 is 22.7 Å². The van der Waals surface area contributed by atoms with Crippen LogP contribution in [0.4, 0.5) is 5.69 Å². The normalized spacial score (nSPS) is 12.6. The quantitative estimate of drug-likeness (QED) is 0.412. The van der Waals surface area contributed by atoms with Crippen molar-refractivity contribution in [2.24, 2.45) is 0 Å². The van der Waals surface area contributed by atoms with E-state index in [0.29, 0.717) is 21.4 Å². The van der Waals surface area contributed by atoms with Crippen LogP contribution in [-0.2, 0) is 26.2 Å². The second kappa shape index (κ2) is 12.6. The number of nitrogens with zero attached hydrogens (tertiary/aromatic N) is 2. The van der Waals surface area contributed by atoms with Gasteiger partial charge in [-0.3, -0.25) is 13.9 Å². The van der Waals surface area contributed by atoms with Crippen molar-refractivity contribution in [3.05, 3.63) is 57.0 Å². The van der Waals surface area contributed by atoms with Gasteiger partial charge in [0, 0.05) is 22.1 Å². The lowest BCUT2D eigenvalue weighted by molar-refractivity contribution is -0.141. The molecule has 0 fully saturated rings. The highest BCUT2D eigenvalue weighted by molar-refractivity contribution is 7.92. The van der Waals surface area contributed by atoms with E-state index < -0.39 is 34.1 Å². The fraction of sp³-hybridized carbons (Fsp3) is 0.440. The largest absolute Gasteiger partial charge is 0.495 e. The molecule has 0 aliphatic rings.